The van der Waals surface area contributed by atoms with E-state index in [1.54, 1.807) is 24.3 Å². The Hall–Kier alpha value is -4.10. The van der Waals surface area contributed by atoms with Crippen LogP contribution in [0, 0.1) is 5.92 Å². The zero-order chi connectivity index (χ0) is 27.2. The fraction of sp³-hybridized carbons (Fsp3) is 0.290. The normalized spacial score (nSPS) is 16.9. The van der Waals surface area contributed by atoms with Crippen molar-refractivity contribution in [3.05, 3.63) is 95.6 Å². The third kappa shape index (κ3) is 6.23. The van der Waals surface area contributed by atoms with Crippen molar-refractivity contribution in [3.8, 4) is 17.2 Å². The van der Waals surface area contributed by atoms with E-state index in [1.807, 2.05) is 73.6 Å². The Bertz CT molecular complexity index is 1300. The third-order valence-corrected chi connectivity index (χ3v) is 6.19. The van der Waals surface area contributed by atoms with Crippen molar-refractivity contribution < 1.29 is 24.2 Å². The van der Waals surface area contributed by atoms with Crippen LogP contribution in [-0.4, -0.2) is 60.4 Å². The molecule has 1 aliphatic heterocycles. The highest BCUT2D eigenvalue weighted by atomic mass is 16.5. The lowest BCUT2D eigenvalue weighted by atomic mass is 9.95. The van der Waals surface area contributed by atoms with Crippen LogP contribution in [0.3, 0.4) is 0 Å². The predicted octanol–water partition coefficient (Wildman–Crippen LogP) is 5.50. The van der Waals surface area contributed by atoms with Crippen LogP contribution >= 0.6 is 0 Å². The van der Waals surface area contributed by atoms with Gasteiger partial charge in [-0.25, -0.2) is 0 Å². The minimum absolute atomic E-state index is 0.0569. The molecule has 1 aliphatic rings. The van der Waals surface area contributed by atoms with Gasteiger partial charge in [-0.05, 0) is 74.1 Å². The molecular formula is C31H34N2O5. The zero-order valence-corrected chi connectivity index (χ0v) is 22.3. The minimum Gasteiger partial charge on any atom is -0.507 e. The summed E-state index contributed by atoms with van der Waals surface area (Å²) < 4.78 is 11.8. The molecule has 1 amide bonds. The number of hydrogen-bond acceptors (Lipinski definition) is 6. The number of amides is 1. The summed E-state index contributed by atoms with van der Waals surface area (Å²) in [4.78, 5) is 30.0. The quantitative estimate of drug-likeness (QED) is 0.219. The lowest BCUT2D eigenvalue weighted by Crippen LogP contribution is -2.35. The second-order valence-corrected chi connectivity index (χ2v) is 10.0. The van der Waals surface area contributed by atoms with Gasteiger partial charge in [-0.2, -0.15) is 0 Å². The van der Waals surface area contributed by atoms with Crippen LogP contribution in [0.4, 0.5) is 0 Å². The van der Waals surface area contributed by atoms with E-state index in [4.69, 9.17) is 9.47 Å². The molecule has 0 radical (unpaired) electrons. The van der Waals surface area contributed by atoms with Gasteiger partial charge in [-0.1, -0.05) is 44.2 Å². The summed E-state index contributed by atoms with van der Waals surface area (Å²) in [6, 6.07) is 22.8. The highest BCUT2D eigenvalue weighted by Gasteiger charge is 2.46. The van der Waals surface area contributed by atoms with Crippen LogP contribution in [0.25, 0.3) is 5.76 Å². The van der Waals surface area contributed by atoms with Crippen LogP contribution in [0.15, 0.2) is 84.4 Å². The standard InChI is InChI=1S/C31H34N2O5/c1-21(2)20-37-24-15-13-22(14-16-24)29(34)27-28(33(18-17-32(3)4)31(36)30(27)35)23-9-8-12-26(19-23)38-25-10-6-5-7-11-25/h5-16,19,21,28,34H,17-18,20H2,1-4H3/b29-27+. The first-order chi connectivity index (χ1) is 18.2. The van der Waals surface area contributed by atoms with Gasteiger partial charge in [-0.15, -0.1) is 0 Å². The van der Waals surface area contributed by atoms with Crippen molar-refractivity contribution in [1.82, 2.24) is 9.80 Å². The van der Waals surface area contributed by atoms with Gasteiger partial charge >= 0.3 is 0 Å². The maximum Gasteiger partial charge on any atom is 0.295 e. The molecule has 1 atom stereocenters. The molecule has 0 spiro atoms. The van der Waals surface area contributed by atoms with Crippen molar-refractivity contribution in [2.24, 2.45) is 5.92 Å². The number of likely N-dealkylation sites (N-methyl/N-ethyl adjacent to an activating group) is 1. The number of ether oxygens (including phenoxy) is 2. The Morgan fingerprint density at radius 2 is 1.61 bits per heavy atom. The molecule has 0 saturated carbocycles. The van der Waals surface area contributed by atoms with Crippen LogP contribution in [-0.2, 0) is 9.59 Å². The SMILES string of the molecule is CC(C)COc1ccc(/C(O)=C2\C(=O)C(=O)N(CCN(C)C)C2c2cccc(Oc3ccccc3)c2)cc1. The van der Waals surface area contributed by atoms with Crippen molar-refractivity contribution in [2.75, 3.05) is 33.8 Å². The first-order valence-electron chi connectivity index (χ1n) is 12.7. The molecule has 38 heavy (non-hydrogen) atoms. The average molecular weight is 515 g/mol. The summed E-state index contributed by atoms with van der Waals surface area (Å²) in [6.07, 6.45) is 0. The molecule has 1 heterocycles. The number of Topliss-reactive ketones (excluding diaryl/α,β-unsaturated/α-hetero) is 1. The van der Waals surface area contributed by atoms with Crippen molar-refractivity contribution >= 4 is 17.4 Å². The third-order valence-electron chi connectivity index (χ3n) is 6.19. The van der Waals surface area contributed by atoms with Gasteiger partial charge in [0.15, 0.2) is 0 Å². The van der Waals surface area contributed by atoms with Gasteiger partial charge in [0.05, 0.1) is 18.2 Å². The van der Waals surface area contributed by atoms with Gasteiger partial charge in [0.1, 0.15) is 23.0 Å². The molecule has 1 saturated heterocycles. The number of hydrogen-bond donors (Lipinski definition) is 1. The van der Waals surface area contributed by atoms with E-state index in [1.165, 1.54) is 4.90 Å². The van der Waals surface area contributed by atoms with E-state index in [0.29, 0.717) is 54.0 Å². The molecule has 7 heteroatoms. The van der Waals surface area contributed by atoms with E-state index in [2.05, 4.69) is 13.8 Å². The Morgan fingerprint density at radius 1 is 0.921 bits per heavy atom. The van der Waals surface area contributed by atoms with Gasteiger partial charge in [-0.3, -0.25) is 9.59 Å². The molecule has 0 aliphatic carbocycles. The average Bonchev–Trinajstić information content (AvgIpc) is 3.16. The molecule has 7 nitrogen and oxygen atoms in total. The highest BCUT2D eigenvalue weighted by molar-refractivity contribution is 6.46. The first kappa shape index (κ1) is 26.9. The van der Waals surface area contributed by atoms with Gasteiger partial charge in [0, 0.05) is 18.7 Å². The van der Waals surface area contributed by atoms with Crippen molar-refractivity contribution in [1.29, 1.82) is 0 Å². The summed E-state index contributed by atoms with van der Waals surface area (Å²) in [5.41, 5.74) is 1.17. The summed E-state index contributed by atoms with van der Waals surface area (Å²) in [6.45, 7) is 5.59. The van der Waals surface area contributed by atoms with E-state index in [0.717, 1.165) is 0 Å². The molecule has 0 bridgehead atoms. The summed E-state index contributed by atoms with van der Waals surface area (Å²) in [5, 5.41) is 11.3. The van der Waals surface area contributed by atoms with Gasteiger partial charge < -0.3 is 24.4 Å². The second-order valence-electron chi connectivity index (χ2n) is 10.0. The smallest absolute Gasteiger partial charge is 0.295 e. The van der Waals surface area contributed by atoms with Crippen LogP contribution in [0.2, 0.25) is 0 Å². The molecule has 3 aromatic carbocycles. The monoisotopic (exact) mass is 514 g/mol. The lowest BCUT2D eigenvalue weighted by molar-refractivity contribution is -0.140. The van der Waals surface area contributed by atoms with E-state index in [9.17, 15) is 14.7 Å². The first-order valence-corrected chi connectivity index (χ1v) is 12.7. The zero-order valence-electron chi connectivity index (χ0n) is 22.3. The second kappa shape index (κ2) is 12.0. The fourth-order valence-corrected chi connectivity index (χ4v) is 4.27. The number of rotatable bonds is 10. The Kier molecular flexibility index (Phi) is 8.48. The van der Waals surface area contributed by atoms with E-state index in [-0.39, 0.29) is 11.3 Å². The van der Waals surface area contributed by atoms with Gasteiger partial charge in [0.2, 0.25) is 0 Å². The number of ketones is 1. The van der Waals surface area contributed by atoms with Gasteiger partial charge in [0.25, 0.3) is 11.7 Å². The number of likely N-dealkylation sites (tertiary alicyclic amines) is 1. The maximum absolute atomic E-state index is 13.3. The number of para-hydroxylation sites is 1. The largest absolute Gasteiger partial charge is 0.507 e. The molecule has 198 valence electrons. The Balaban J connectivity index is 1.73. The molecular weight excluding hydrogens is 480 g/mol. The molecule has 3 aromatic rings. The number of aliphatic hydroxyl groups excluding tert-OH is 1. The fourth-order valence-electron chi connectivity index (χ4n) is 4.27. The highest BCUT2D eigenvalue weighted by Crippen LogP contribution is 2.40. The van der Waals surface area contributed by atoms with E-state index < -0.39 is 17.7 Å². The molecule has 1 N–H and O–H groups in total. The predicted molar refractivity (Wildman–Crippen MR) is 147 cm³/mol. The minimum atomic E-state index is -0.758. The van der Waals surface area contributed by atoms with Crippen LogP contribution in [0.1, 0.15) is 31.0 Å². The molecule has 1 unspecified atom stereocenters. The summed E-state index contributed by atoms with van der Waals surface area (Å²) in [7, 11) is 3.81. The van der Waals surface area contributed by atoms with E-state index >= 15 is 0 Å². The summed E-state index contributed by atoms with van der Waals surface area (Å²) in [5.74, 6) is 0.729. The Morgan fingerprint density at radius 3 is 2.26 bits per heavy atom. The summed E-state index contributed by atoms with van der Waals surface area (Å²) >= 11 is 0. The number of carbonyl (C=O) groups is 2. The maximum atomic E-state index is 13.3. The number of aliphatic hydroxyl groups is 1. The topological polar surface area (TPSA) is 79.3 Å². The number of carbonyl (C=O) groups excluding carboxylic acids is 2. The number of benzene rings is 3. The van der Waals surface area contributed by atoms with Crippen molar-refractivity contribution in [3.63, 3.8) is 0 Å². The van der Waals surface area contributed by atoms with Crippen molar-refractivity contribution in [2.45, 2.75) is 19.9 Å². The number of nitrogens with zero attached hydrogens (tertiary/aromatic N) is 2. The van der Waals surface area contributed by atoms with Crippen LogP contribution < -0.4 is 9.47 Å². The molecule has 4 rings (SSSR count). The Labute approximate surface area is 223 Å². The molecule has 1 fully saturated rings. The van der Waals surface area contributed by atoms with Crippen LogP contribution in [0.5, 0.6) is 17.2 Å². The molecule has 0 aromatic heterocycles. The lowest BCUT2D eigenvalue weighted by Gasteiger charge is -2.27.